The summed E-state index contributed by atoms with van der Waals surface area (Å²) in [6.07, 6.45) is 2.97. The van der Waals surface area contributed by atoms with Gasteiger partial charge in [0.1, 0.15) is 18.2 Å². The quantitative estimate of drug-likeness (QED) is 0.720. The Morgan fingerprint density at radius 1 is 1.33 bits per heavy atom. The van der Waals surface area contributed by atoms with E-state index < -0.39 is 12.1 Å². The van der Waals surface area contributed by atoms with Crippen molar-refractivity contribution in [3.63, 3.8) is 0 Å². The molecule has 0 bridgehead atoms. The lowest BCUT2D eigenvalue weighted by Gasteiger charge is -2.07. The van der Waals surface area contributed by atoms with E-state index in [-0.39, 0.29) is 0 Å². The molecule has 0 spiro atoms. The molecule has 6 nitrogen and oxygen atoms in total. The van der Waals surface area contributed by atoms with Crippen molar-refractivity contribution < 1.29 is 0 Å². The number of fused-ring (bicyclic) bond motifs is 1. The molecule has 0 saturated carbocycles. The van der Waals surface area contributed by atoms with E-state index in [0.717, 1.165) is 16.5 Å². The summed E-state index contributed by atoms with van der Waals surface area (Å²) in [5.74, 6) is -0.624. The van der Waals surface area contributed by atoms with Crippen molar-refractivity contribution in [3.05, 3.63) is 41.6 Å². The highest BCUT2D eigenvalue weighted by atomic mass is 15.4. The number of H-pyrrole nitrogens is 1. The molecule has 3 rings (SSSR count). The fourth-order valence-electron chi connectivity index (χ4n) is 2.36. The van der Waals surface area contributed by atoms with Crippen molar-refractivity contribution in [2.75, 3.05) is 0 Å². The Hall–Kier alpha value is -3.09. The summed E-state index contributed by atoms with van der Waals surface area (Å²) in [7, 11) is 0. The summed E-state index contributed by atoms with van der Waals surface area (Å²) in [4.78, 5) is 3.14. The second-order valence-electron chi connectivity index (χ2n) is 4.72. The summed E-state index contributed by atoms with van der Waals surface area (Å²) >= 11 is 0. The van der Waals surface area contributed by atoms with Crippen molar-refractivity contribution in [2.24, 2.45) is 16.8 Å². The number of hydrogen-bond donors (Lipinski definition) is 3. The second-order valence-corrected chi connectivity index (χ2v) is 4.72. The number of rotatable bonds is 2. The first-order chi connectivity index (χ1) is 10.2. The number of nitrogens with zero attached hydrogens (tertiary/aromatic N) is 3. The van der Waals surface area contributed by atoms with Gasteiger partial charge >= 0.3 is 0 Å². The average molecular weight is 276 g/mol. The zero-order valence-corrected chi connectivity index (χ0v) is 11.0. The highest BCUT2D eigenvalue weighted by Crippen LogP contribution is 2.23. The van der Waals surface area contributed by atoms with Crippen molar-refractivity contribution in [3.8, 4) is 12.1 Å². The highest BCUT2D eigenvalue weighted by molar-refractivity contribution is 6.11. The number of hydrogen-bond acceptors (Lipinski definition) is 5. The summed E-state index contributed by atoms with van der Waals surface area (Å²) < 4.78 is 0. The maximum Gasteiger partial charge on any atom is 0.126 e. The van der Waals surface area contributed by atoms with Crippen LogP contribution in [0.25, 0.3) is 17.0 Å². The van der Waals surface area contributed by atoms with Crippen LogP contribution in [0.3, 0.4) is 0 Å². The largest absolute Gasteiger partial charge is 0.361 e. The van der Waals surface area contributed by atoms with Crippen molar-refractivity contribution in [2.45, 2.75) is 6.17 Å². The smallest absolute Gasteiger partial charge is 0.126 e. The molecule has 0 saturated heterocycles. The Morgan fingerprint density at radius 2 is 2.14 bits per heavy atom. The lowest BCUT2D eigenvalue weighted by atomic mass is 9.96. The van der Waals surface area contributed by atoms with Crippen LogP contribution < -0.4 is 11.2 Å². The standard InChI is InChI=1S/C15H12N6/c16-6-9(14-12(7-17)15(18)21-20-14)5-10-8-19-13-4-2-1-3-11(10)13/h1-5,8,12,15,19,21H,18H2. The normalized spacial score (nSPS) is 21.5. The Balaban J connectivity index is 2.05. The predicted octanol–water partition coefficient (Wildman–Crippen LogP) is 1.46. The summed E-state index contributed by atoms with van der Waals surface area (Å²) in [6.45, 7) is 0. The molecular formula is C15H12N6. The number of nitrogens with one attached hydrogen (secondary N) is 2. The maximum atomic E-state index is 9.37. The molecule has 0 amide bonds. The van der Waals surface area contributed by atoms with Crippen LogP contribution in [-0.4, -0.2) is 16.9 Å². The van der Waals surface area contributed by atoms with Crippen molar-refractivity contribution in [1.29, 1.82) is 10.5 Å². The Bertz CT molecular complexity index is 830. The molecule has 102 valence electrons. The van der Waals surface area contributed by atoms with E-state index in [1.807, 2.05) is 30.5 Å². The third kappa shape index (κ3) is 2.14. The fourth-order valence-corrected chi connectivity index (χ4v) is 2.36. The van der Waals surface area contributed by atoms with E-state index in [2.05, 4.69) is 27.6 Å². The van der Waals surface area contributed by atoms with Crippen LogP contribution in [0.1, 0.15) is 5.56 Å². The first kappa shape index (κ1) is 12.9. The molecule has 1 aliphatic rings. The molecule has 4 N–H and O–H groups in total. The zero-order chi connectivity index (χ0) is 14.8. The Morgan fingerprint density at radius 3 is 2.90 bits per heavy atom. The monoisotopic (exact) mass is 276 g/mol. The van der Waals surface area contributed by atoms with Crippen LogP contribution in [-0.2, 0) is 0 Å². The average Bonchev–Trinajstić information content (AvgIpc) is 3.08. The van der Waals surface area contributed by atoms with Gasteiger partial charge in [-0.15, -0.1) is 0 Å². The number of nitriles is 2. The van der Waals surface area contributed by atoms with E-state index >= 15 is 0 Å². The van der Waals surface area contributed by atoms with E-state index in [1.54, 1.807) is 6.08 Å². The minimum atomic E-state index is -0.624. The minimum Gasteiger partial charge on any atom is -0.361 e. The minimum absolute atomic E-state index is 0.340. The topological polar surface area (TPSA) is 114 Å². The van der Waals surface area contributed by atoms with Gasteiger partial charge in [-0.05, 0) is 12.1 Å². The van der Waals surface area contributed by atoms with Crippen molar-refractivity contribution in [1.82, 2.24) is 10.4 Å². The number of allylic oxidation sites excluding steroid dienone is 1. The van der Waals surface area contributed by atoms with Crippen LogP contribution in [0.4, 0.5) is 0 Å². The number of aromatic nitrogens is 1. The Kier molecular flexibility index (Phi) is 3.15. The molecule has 0 fully saturated rings. The van der Waals surface area contributed by atoms with Gasteiger partial charge in [0.2, 0.25) is 0 Å². The fraction of sp³-hybridized carbons (Fsp3) is 0.133. The van der Waals surface area contributed by atoms with Crippen LogP contribution in [0.5, 0.6) is 0 Å². The first-order valence-corrected chi connectivity index (χ1v) is 6.41. The molecule has 0 radical (unpaired) electrons. The van der Waals surface area contributed by atoms with E-state index in [9.17, 15) is 5.26 Å². The van der Waals surface area contributed by atoms with Gasteiger partial charge in [0.15, 0.2) is 0 Å². The van der Waals surface area contributed by atoms with Gasteiger partial charge in [-0.25, -0.2) is 0 Å². The van der Waals surface area contributed by atoms with Crippen LogP contribution in [0.15, 0.2) is 41.1 Å². The zero-order valence-electron chi connectivity index (χ0n) is 11.0. The molecule has 21 heavy (non-hydrogen) atoms. The first-order valence-electron chi connectivity index (χ1n) is 6.41. The number of para-hydroxylation sites is 1. The van der Waals surface area contributed by atoms with Crippen molar-refractivity contribution >= 4 is 22.7 Å². The van der Waals surface area contributed by atoms with Gasteiger partial charge in [-0.2, -0.15) is 15.6 Å². The highest BCUT2D eigenvalue weighted by Gasteiger charge is 2.31. The molecule has 1 aromatic carbocycles. The van der Waals surface area contributed by atoms with Gasteiger partial charge in [0, 0.05) is 22.7 Å². The van der Waals surface area contributed by atoms with E-state index in [4.69, 9.17) is 11.0 Å². The van der Waals surface area contributed by atoms with Gasteiger partial charge in [0.25, 0.3) is 0 Å². The number of nitrogens with two attached hydrogens (primary N) is 1. The molecule has 0 aliphatic carbocycles. The lowest BCUT2D eigenvalue weighted by Crippen LogP contribution is -2.37. The molecule has 6 heteroatoms. The van der Waals surface area contributed by atoms with Gasteiger partial charge in [0.05, 0.1) is 17.4 Å². The van der Waals surface area contributed by atoms with E-state index in [1.165, 1.54) is 0 Å². The molecule has 2 atom stereocenters. The lowest BCUT2D eigenvalue weighted by molar-refractivity contribution is 0.554. The predicted molar refractivity (Wildman–Crippen MR) is 79.5 cm³/mol. The Labute approximate surface area is 121 Å². The summed E-state index contributed by atoms with van der Waals surface area (Å²) in [5, 5.41) is 23.6. The number of benzene rings is 1. The summed E-state index contributed by atoms with van der Waals surface area (Å²) in [6, 6.07) is 12.0. The van der Waals surface area contributed by atoms with Gasteiger partial charge in [-0.1, -0.05) is 18.2 Å². The van der Waals surface area contributed by atoms with Crippen LogP contribution in [0, 0.1) is 28.6 Å². The molecular weight excluding hydrogens is 264 g/mol. The molecule has 1 aromatic heterocycles. The van der Waals surface area contributed by atoms with Gasteiger partial charge < -0.3 is 10.7 Å². The third-order valence-corrected chi connectivity index (χ3v) is 3.44. The SMILES string of the molecule is N#CC(=Cc1c[nH]c2ccccc12)C1=NNC(N)C1C#N. The van der Waals surface area contributed by atoms with Gasteiger partial charge in [-0.3, -0.25) is 5.43 Å². The number of aromatic amines is 1. The number of hydrazone groups is 1. The van der Waals surface area contributed by atoms with E-state index in [0.29, 0.717) is 11.3 Å². The third-order valence-electron chi connectivity index (χ3n) is 3.44. The maximum absolute atomic E-state index is 9.37. The second kappa shape index (κ2) is 5.12. The van der Waals surface area contributed by atoms with Crippen LogP contribution in [0.2, 0.25) is 0 Å². The molecule has 2 unspecified atom stereocenters. The van der Waals surface area contributed by atoms with Crippen LogP contribution >= 0.6 is 0 Å². The molecule has 2 heterocycles. The molecule has 2 aromatic rings. The molecule has 1 aliphatic heterocycles. The summed E-state index contributed by atoms with van der Waals surface area (Å²) in [5.41, 5.74) is 11.0.